The molecule has 0 bridgehead atoms. The van der Waals surface area contributed by atoms with Gasteiger partial charge in [-0.2, -0.15) is 4.80 Å². The molecule has 7 heteroatoms. The zero-order chi connectivity index (χ0) is 15.1. The number of nitrogens with zero attached hydrogens (tertiary/aromatic N) is 4. The normalized spacial score (nSPS) is 12.5. The topological polar surface area (TPSA) is 55.6 Å². The van der Waals surface area contributed by atoms with Gasteiger partial charge in [0.1, 0.15) is 5.82 Å². The second-order valence-electron chi connectivity index (χ2n) is 4.79. The zero-order valence-corrected chi connectivity index (χ0v) is 13.1. The van der Waals surface area contributed by atoms with Crippen LogP contribution in [-0.4, -0.2) is 38.5 Å². The van der Waals surface area contributed by atoms with Gasteiger partial charge in [0.15, 0.2) is 5.82 Å². The molecule has 0 spiro atoms. The van der Waals surface area contributed by atoms with Crippen molar-refractivity contribution in [2.75, 3.05) is 12.3 Å². The number of benzene rings is 1. The Bertz CT molecular complexity index is 560. The van der Waals surface area contributed by atoms with E-state index in [4.69, 9.17) is 0 Å². The summed E-state index contributed by atoms with van der Waals surface area (Å²) in [5, 5.41) is 15.5. The summed E-state index contributed by atoms with van der Waals surface area (Å²) in [6.07, 6.45) is 1.74. The van der Waals surface area contributed by atoms with E-state index in [0.29, 0.717) is 17.1 Å². The average Bonchev–Trinajstić information content (AvgIpc) is 2.88. The Morgan fingerprint density at radius 3 is 2.86 bits per heavy atom. The van der Waals surface area contributed by atoms with Crippen molar-refractivity contribution in [2.45, 2.75) is 30.7 Å². The van der Waals surface area contributed by atoms with Gasteiger partial charge in [0.2, 0.25) is 0 Å². The van der Waals surface area contributed by atoms with Crippen LogP contribution in [-0.2, 0) is 13.5 Å². The number of rotatable bonds is 8. The Balaban J connectivity index is 1.94. The van der Waals surface area contributed by atoms with Crippen LogP contribution in [0.2, 0.25) is 0 Å². The highest BCUT2D eigenvalue weighted by Gasteiger charge is 2.14. The fraction of sp³-hybridized carbons (Fsp3) is 0.500. The number of hydrogen-bond acceptors (Lipinski definition) is 5. The molecule has 1 aromatic heterocycles. The van der Waals surface area contributed by atoms with Crippen LogP contribution < -0.4 is 5.32 Å². The van der Waals surface area contributed by atoms with E-state index >= 15 is 0 Å². The van der Waals surface area contributed by atoms with Gasteiger partial charge >= 0.3 is 0 Å². The minimum absolute atomic E-state index is 0.172. The Hall–Kier alpha value is -1.47. The molecule has 114 valence electrons. The molecule has 0 aliphatic rings. The molecular weight excluding hydrogens is 289 g/mol. The summed E-state index contributed by atoms with van der Waals surface area (Å²) in [6.45, 7) is 3.04. The highest BCUT2D eigenvalue weighted by atomic mass is 32.2. The molecule has 0 aliphatic heterocycles. The molecule has 1 unspecified atom stereocenters. The highest BCUT2D eigenvalue weighted by molar-refractivity contribution is 7.99. The Morgan fingerprint density at radius 1 is 1.38 bits per heavy atom. The second kappa shape index (κ2) is 8.09. The summed E-state index contributed by atoms with van der Waals surface area (Å²) in [7, 11) is 1.75. The molecule has 1 aromatic carbocycles. The Kier molecular flexibility index (Phi) is 6.13. The fourth-order valence-corrected chi connectivity index (χ4v) is 2.91. The van der Waals surface area contributed by atoms with Crippen molar-refractivity contribution in [1.29, 1.82) is 0 Å². The van der Waals surface area contributed by atoms with E-state index in [0.717, 1.165) is 18.7 Å². The molecule has 1 atom stereocenters. The first-order valence-electron chi connectivity index (χ1n) is 7.02. The van der Waals surface area contributed by atoms with Crippen molar-refractivity contribution in [2.24, 2.45) is 7.05 Å². The minimum Gasteiger partial charge on any atom is -0.313 e. The van der Waals surface area contributed by atoms with Crippen LogP contribution in [0.4, 0.5) is 4.39 Å². The van der Waals surface area contributed by atoms with E-state index in [1.54, 1.807) is 19.2 Å². The quantitative estimate of drug-likeness (QED) is 0.756. The van der Waals surface area contributed by atoms with E-state index in [9.17, 15) is 4.39 Å². The van der Waals surface area contributed by atoms with Gasteiger partial charge in [-0.1, -0.05) is 19.1 Å². The summed E-state index contributed by atoms with van der Waals surface area (Å²) in [4.78, 5) is 2.13. The van der Waals surface area contributed by atoms with Gasteiger partial charge in [0.25, 0.3) is 0 Å². The molecule has 0 saturated heterocycles. The van der Waals surface area contributed by atoms with Gasteiger partial charge in [-0.25, -0.2) is 4.39 Å². The van der Waals surface area contributed by atoms with E-state index in [1.807, 2.05) is 6.07 Å². The van der Waals surface area contributed by atoms with E-state index in [1.165, 1.54) is 22.6 Å². The maximum atomic E-state index is 13.6. The SMILES string of the molecule is CCCNC(CSc1ccccc1F)Cc1nnn(C)n1. The molecule has 21 heavy (non-hydrogen) atoms. The first-order valence-corrected chi connectivity index (χ1v) is 8.01. The standard InChI is InChI=1S/C14H20FN5S/c1-3-8-16-11(9-14-17-19-20(2)18-14)10-21-13-7-5-4-6-12(13)15/h4-7,11,16H,3,8-10H2,1-2H3. The largest absolute Gasteiger partial charge is 0.313 e. The summed E-state index contributed by atoms with van der Waals surface area (Å²) in [5.74, 6) is 1.30. The minimum atomic E-state index is -0.172. The average molecular weight is 309 g/mol. The van der Waals surface area contributed by atoms with Crippen molar-refractivity contribution in [1.82, 2.24) is 25.5 Å². The van der Waals surface area contributed by atoms with Crippen molar-refractivity contribution < 1.29 is 4.39 Å². The first-order chi connectivity index (χ1) is 10.2. The van der Waals surface area contributed by atoms with Gasteiger partial charge in [0.05, 0.1) is 7.05 Å². The lowest BCUT2D eigenvalue weighted by atomic mass is 10.2. The van der Waals surface area contributed by atoms with Crippen LogP contribution in [0.1, 0.15) is 19.2 Å². The molecule has 0 aliphatic carbocycles. The number of aromatic nitrogens is 4. The number of halogens is 1. The molecule has 0 radical (unpaired) electrons. The maximum absolute atomic E-state index is 13.6. The number of nitrogens with one attached hydrogen (secondary N) is 1. The molecule has 5 nitrogen and oxygen atoms in total. The molecule has 2 aromatic rings. The summed E-state index contributed by atoms with van der Waals surface area (Å²) >= 11 is 1.51. The predicted octanol–water partition coefficient (Wildman–Crippen LogP) is 2.05. The number of hydrogen-bond donors (Lipinski definition) is 1. The van der Waals surface area contributed by atoms with Gasteiger partial charge in [0, 0.05) is 23.1 Å². The van der Waals surface area contributed by atoms with Crippen LogP contribution in [0.5, 0.6) is 0 Å². The second-order valence-corrected chi connectivity index (χ2v) is 5.85. The molecule has 0 fully saturated rings. The van der Waals surface area contributed by atoms with Gasteiger partial charge in [-0.05, 0) is 30.3 Å². The molecule has 1 heterocycles. The third-order valence-corrected chi connectivity index (χ3v) is 4.15. The van der Waals surface area contributed by atoms with Crippen molar-refractivity contribution >= 4 is 11.8 Å². The van der Waals surface area contributed by atoms with Crippen LogP contribution in [0.15, 0.2) is 29.2 Å². The predicted molar refractivity (Wildman–Crippen MR) is 81.7 cm³/mol. The number of tetrazole rings is 1. The molecule has 0 saturated carbocycles. The summed E-state index contributed by atoms with van der Waals surface area (Å²) in [5.41, 5.74) is 0. The van der Waals surface area contributed by atoms with Crippen molar-refractivity contribution in [3.8, 4) is 0 Å². The third kappa shape index (κ3) is 5.09. The van der Waals surface area contributed by atoms with E-state index in [-0.39, 0.29) is 11.9 Å². The monoisotopic (exact) mass is 309 g/mol. The molecule has 0 amide bonds. The van der Waals surface area contributed by atoms with Crippen LogP contribution in [0.3, 0.4) is 0 Å². The van der Waals surface area contributed by atoms with E-state index in [2.05, 4.69) is 27.7 Å². The lowest BCUT2D eigenvalue weighted by Gasteiger charge is -2.16. The highest BCUT2D eigenvalue weighted by Crippen LogP contribution is 2.22. The smallest absolute Gasteiger partial charge is 0.176 e. The van der Waals surface area contributed by atoms with Crippen LogP contribution >= 0.6 is 11.8 Å². The van der Waals surface area contributed by atoms with Gasteiger partial charge in [-0.15, -0.1) is 22.0 Å². The summed E-state index contributed by atoms with van der Waals surface area (Å²) in [6, 6.07) is 7.04. The van der Waals surface area contributed by atoms with Gasteiger partial charge < -0.3 is 5.32 Å². The summed E-state index contributed by atoms with van der Waals surface area (Å²) < 4.78 is 13.6. The third-order valence-electron chi connectivity index (χ3n) is 2.94. The number of thioether (sulfide) groups is 1. The van der Waals surface area contributed by atoms with Crippen molar-refractivity contribution in [3.63, 3.8) is 0 Å². The lowest BCUT2D eigenvalue weighted by molar-refractivity contribution is 0.536. The fourth-order valence-electron chi connectivity index (χ4n) is 1.92. The van der Waals surface area contributed by atoms with Crippen LogP contribution in [0, 0.1) is 5.82 Å². The van der Waals surface area contributed by atoms with Crippen LogP contribution in [0.25, 0.3) is 0 Å². The molecular formula is C14H20FN5S. The first kappa shape index (κ1) is 15.9. The number of aryl methyl sites for hydroxylation is 1. The van der Waals surface area contributed by atoms with Gasteiger partial charge in [-0.3, -0.25) is 0 Å². The lowest BCUT2D eigenvalue weighted by Crippen LogP contribution is -2.34. The molecule has 2 rings (SSSR count). The molecule has 1 N–H and O–H groups in total. The Labute approximate surface area is 128 Å². The maximum Gasteiger partial charge on any atom is 0.176 e. The zero-order valence-electron chi connectivity index (χ0n) is 12.3. The van der Waals surface area contributed by atoms with Crippen molar-refractivity contribution in [3.05, 3.63) is 35.9 Å². The Morgan fingerprint density at radius 2 is 2.19 bits per heavy atom. The van der Waals surface area contributed by atoms with E-state index < -0.39 is 0 Å².